The summed E-state index contributed by atoms with van der Waals surface area (Å²) in [4.78, 5) is 26.9. The molecule has 2 heterocycles. The molecular formula is C12H12N2O5. The number of rotatable bonds is 3. The Balaban J connectivity index is 2.50. The van der Waals surface area contributed by atoms with Gasteiger partial charge in [0, 0.05) is 12.1 Å². The van der Waals surface area contributed by atoms with Gasteiger partial charge in [-0.2, -0.15) is 0 Å². The van der Waals surface area contributed by atoms with Gasteiger partial charge in [-0.3, -0.25) is 9.36 Å². The van der Waals surface area contributed by atoms with Gasteiger partial charge < -0.3 is 14.6 Å². The molecule has 0 saturated carbocycles. The van der Waals surface area contributed by atoms with Gasteiger partial charge in [0.1, 0.15) is 23.7 Å². The van der Waals surface area contributed by atoms with Crippen molar-refractivity contribution in [1.82, 2.24) is 9.55 Å². The molecule has 7 heteroatoms. The molecule has 0 spiro atoms. The van der Waals surface area contributed by atoms with Crippen LogP contribution in [0.5, 0.6) is 5.75 Å². The maximum atomic E-state index is 11.7. The second-order valence-corrected chi connectivity index (χ2v) is 4.08. The van der Waals surface area contributed by atoms with Crippen LogP contribution >= 0.6 is 0 Å². The predicted molar refractivity (Wildman–Crippen MR) is 64.4 cm³/mol. The zero-order valence-corrected chi connectivity index (χ0v) is 10.4. The number of nitrogens with zero attached hydrogens (tertiary/aromatic N) is 2. The first-order valence-corrected chi connectivity index (χ1v) is 5.48. The van der Waals surface area contributed by atoms with Gasteiger partial charge in [-0.15, -0.1) is 0 Å². The van der Waals surface area contributed by atoms with E-state index in [2.05, 4.69) is 4.98 Å². The van der Waals surface area contributed by atoms with Gasteiger partial charge >= 0.3 is 5.97 Å². The summed E-state index contributed by atoms with van der Waals surface area (Å²) in [5.41, 5.74) is -0.275. The van der Waals surface area contributed by atoms with Crippen LogP contribution in [0, 0.1) is 13.8 Å². The van der Waals surface area contributed by atoms with Gasteiger partial charge in [0.2, 0.25) is 5.89 Å². The number of hydrogen-bond acceptors (Lipinski definition) is 5. The lowest BCUT2D eigenvalue weighted by Crippen LogP contribution is -2.25. The molecule has 7 nitrogen and oxygen atoms in total. The Hall–Kier alpha value is -2.57. The average molecular weight is 264 g/mol. The van der Waals surface area contributed by atoms with E-state index in [1.54, 1.807) is 13.8 Å². The molecule has 2 aromatic heterocycles. The van der Waals surface area contributed by atoms with Gasteiger partial charge in [0.05, 0.1) is 5.69 Å². The van der Waals surface area contributed by atoms with E-state index in [0.717, 1.165) is 16.7 Å². The minimum absolute atomic E-state index is 0.102. The van der Waals surface area contributed by atoms with Crippen molar-refractivity contribution >= 4 is 5.97 Å². The first-order valence-electron chi connectivity index (χ1n) is 5.48. The Kier molecular flexibility index (Phi) is 3.12. The zero-order valence-electron chi connectivity index (χ0n) is 10.4. The molecule has 0 aliphatic heterocycles. The molecule has 0 aliphatic carbocycles. The molecule has 0 radical (unpaired) electrons. The summed E-state index contributed by atoms with van der Waals surface area (Å²) in [5.74, 6) is -0.851. The number of carbonyl (C=O) groups is 1. The van der Waals surface area contributed by atoms with Crippen molar-refractivity contribution in [3.63, 3.8) is 0 Å². The average Bonchev–Trinajstić information content (AvgIpc) is 2.61. The maximum absolute atomic E-state index is 11.7. The molecule has 2 N–H and O–H groups in total. The fourth-order valence-corrected chi connectivity index (χ4v) is 1.67. The van der Waals surface area contributed by atoms with Crippen LogP contribution in [0.4, 0.5) is 0 Å². The van der Waals surface area contributed by atoms with Crippen molar-refractivity contribution in [3.05, 3.63) is 45.5 Å². The van der Waals surface area contributed by atoms with Gasteiger partial charge in [-0.05, 0) is 13.8 Å². The summed E-state index contributed by atoms with van der Waals surface area (Å²) in [5, 5.41) is 18.3. The SMILES string of the molecule is Cc1nc(Cn2c(C(=O)O)cc(O)cc2=O)oc1C. The van der Waals surface area contributed by atoms with Gasteiger partial charge in [0.25, 0.3) is 5.56 Å². The van der Waals surface area contributed by atoms with E-state index in [4.69, 9.17) is 9.52 Å². The summed E-state index contributed by atoms with van der Waals surface area (Å²) in [7, 11) is 0. The number of aryl methyl sites for hydroxylation is 2. The van der Waals surface area contributed by atoms with Crippen molar-refractivity contribution in [3.8, 4) is 5.75 Å². The highest BCUT2D eigenvalue weighted by molar-refractivity contribution is 5.86. The fourth-order valence-electron chi connectivity index (χ4n) is 1.67. The molecule has 19 heavy (non-hydrogen) atoms. The van der Waals surface area contributed by atoms with Crippen molar-refractivity contribution in [2.45, 2.75) is 20.4 Å². The Bertz CT molecular complexity index is 679. The van der Waals surface area contributed by atoms with Crippen molar-refractivity contribution < 1.29 is 19.4 Å². The molecule has 2 rings (SSSR count). The third-order valence-corrected chi connectivity index (χ3v) is 2.70. The molecule has 0 amide bonds. The molecule has 0 bridgehead atoms. The molecule has 0 aromatic carbocycles. The minimum Gasteiger partial charge on any atom is -0.508 e. The standard InChI is InChI=1S/C12H12N2O5/c1-6-7(2)19-10(13-6)5-14-9(12(17)18)3-8(15)4-11(14)16/h3-4,15H,5H2,1-2H3,(H,17,18). The lowest BCUT2D eigenvalue weighted by Gasteiger charge is -2.07. The summed E-state index contributed by atoms with van der Waals surface area (Å²) in [6, 6.07) is 1.95. The van der Waals surface area contributed by atoms with Gasteiger partial charge in [-0.25, -0.2) is 9.78 Å². The fraction of sp³-hybridized carbons (Fsp3) is 0.250. The summed E-state index contributed by atoms with van der Waals surface area (Å²) in [6.45, 7) is 3.37. The van der Waals surface area contributed by atoms with Crippen LogP contribution in [0.2, 0.25) is 0 Å². The third kappa shape index (κ3) is 2.49. The van der Waals surface area contributed by atoms with Crippen LogP contribution in [0.25, 0.3) is 0 Å². The van der Waals surface area contributed by atoms with Crippen LogP contribution in [-0.4, -0.2) is 25.7 Å². The molecule has 0 atom stereocenters. The Morgan fingerprint density at radius 1 is 1.42 bits per heavy atom. The number of aromatic nitrogens is 2. The number of hydrogen-bond donors (Lipinski definition) is 2. The molecule has 2 aromatic rings. The number of carboxylic acid groups (broad SMARTS) is 1. The largest absolute Gasteiger partial charge is 0.508 e. The third-order valence-electron chi connectivity index (χ3n) is 2.70. The summed E-state index contributed by atoms with van der Waals surface area (Å²) in [6.07, 6.45) is 0. The second kappa shape index (κ2) is 4.60. The Labute approximate surface area is 107 Å². The van der Waals surface area contributed by atoms with Crippen LogP contribution in [-0.2, 0) is 6.54 Å². The first kappa shape index (κ1) is 12.9. The second-order valence-electron chi connectivity index (χ2n) is 4.08. The monoisotopic (exact) mass is 264 g/mol. The topological polar surface area (TPSA) is 106 Å². The van der Waals surface area contributed by atoms with Gasteiger partial charge in [0.15, 0.2) is 0 Å². The van der Waals surface area contributed by atoms with E-state index in [1.807, 2.05) is 0 Å². The quantitative estimate of drug-likeness (QED) is 0.853. The summed E-state index contributed by atoms with van der Waals surface area (Å²) < 4.78 is 6.29. The van der Waals surface area contributed by atoms with E-state index in [-0.39, 0.29) is 18.1 Å². The van der Waals surface area contributed by atoms with Crippen LogP contribution in [0.3, 0.4) is 0 Å². The number of aromatic hydroxyl groups is 1. The molecule has 100 valence electrons. The molecule has 0 saturated heterocycles. The van der Waals surface area contributed by atoms with Gasteiger partial charge in [-0.1, -0.05) is 0 Å². The highest BCUT2D eigenvalue weighted by Gasteiger charge is 2.16. The first-order chi connectivity index (χ1) is 8.88. The Morgan fingerprint density at radius 2 is 2.11 bits per heavy atom. The summed E-state index contributed by atoms with van der Waals surface area (Å²) >= 11 is 0. The lowest BCUT2D eigenvalue weighted by molar-refractivity contribution is 0.0683. The van der Waals surface area contributed by atoms with Crippen LogP contribution in [0.1, 0.15) is 27.8 Å². The van der Waals surface area contributed by atoms with E-state index < -0.39 is 17.3 Å². The van der Waals surface area contributed by atoms with Crippen molar-refractivity contribution in [2.75, 3.05) is 0 Å². The minimum atomic E-state index is -1.31. The smallest absolute Gasteiger partial charge is 0.352 e. The number of pyridine rings is 1. The van der Waals surface area contributed by atoms with Crippen molar-refractivity contribution in [1.29, 1.82) is 0 Å². The lowest BCUT2D eigenvalue weighted by atomic mass is 10.3. The predicted octanol–water partition coefficient (Wildman–Crippen LogP) is 0.905. The number of carboxylic acids is 1. The molecule has 0 unspecified atom stereocenters. The maximum Gasteiger partial charge on any atom is 0.352 e. The zero-order chi connectivity index (χ0) is 14.2. The normalized spacial score (nSPS) is 10.6. The highest BCUT2D eigenvalue weighted by Crippen LogP contribution is 2.12. The van der Waals surface area contributed by atoms with E-state index in [9.17, 15) is 14.7 Å². The Morgan fingerprint density at radius 3 is 2.63 bits per heavy atom. The number of aromatic carboxylic acids is 1. The van der Waals surface area contributed by atoms with E-state index >= 15 is 0 Å². The van der Waals surface area contributed by atoms with E-state index in [1.165, 1.54) is 0 Å². The number of oxazole rings is 1. The van der Waals surface area contributed by atoms with E-state index in [0.29, 0.717) is 11.5 Å². The van der Waals surface area contributed by atoms with Crippen molar-refractivity contribution in [2.24, 2.45) is 0 Å². The highest BCUT2D eigenvalue weighted by atomic mass is 16.4. The molecular weight excluding hydrogens is 252 g/mol. The molecule has 0 aliphatic rings. The molecule has 0 fully saturated rings. The van der Waals surface area contributed by atoms with Crippen LogP contribution < -0.4 is 5.56 Å². The van der Waals surface area contributed by atoms with Crippen LogP contribution in [0.15, 0.2) is 21.3 Å².